The van der Waals surface area contributed by atoms with Gasteiger partial charge in [-0.05, 0) is 47.7 Å². The van der Waals surface area contributed by atoms with E-state index in [2.05, 4.69) is 21.4 Å². The average Bonchev–Trinajstić information content (AvgIpc) is 3.33. The van der Waals surface area contributed by atoms with Crippen molar-refractivity contribution in [3.05, 3.63) is 46.4 Å². The number of fused-ring (bicyclic) bond motifs is 1. The fraction of sp³-hybridized carbons (Fsp3) is 0.263. The summed E-state index contributed by atoms with van der Waals surface area (Å²) in [7, 11) is 0. The number of carbonyl (C=O) groups excluding carboxylic acids is 1. The minimum Gasteiger partial charge on any atom is -0.342 e. The van der Waals surface area contributed by atoms with E-state index in [-0.39, 0.29) is 4.88 Å². The number of halogens is 3. The summed E-state index contributed by atoms with van der Waals surface area (Å²) in [6, 6.07) is 5.60. The first kappa shape index (κ1) is 18.7. The van der Waals surface area contributed by atoms with E-state index in [0.717, 1.165) is 58.7 Å². The molecule has 146 valence electrons. The number of rotatable bonds is 4. The van der Waals surface area contributed by atoms with Crippen LogP contribution in [0, 0.1) is 0 Å². The molecule has 0 atom stereocenters. The van der Waals surface area contributed by atoms with Gasteiger partial charge in [-0.25, -0.2) is 4.98 Å². The van der Waals surface area contributed by atoms with Crippen molar-refractivity contribution in [2.75, 3.05) is 19.6 Å². The van der Waals surface area contributed by atoms with Crippen LogP contribution in [0.1, 0.15) is 21.8 Å². The Morgan fingerprint density at radius 1 is 1.25 bits per heavy atom. The van der Waals surface area contributed by atoms with Gasteiger partial charge in [-0.2, -0.15) is 13.2 Å². The van der Waals surface area contributed by atoms with Crippen LogP contribution in [0.2, 0.25) is 0 Å². The van der Waals surface area contributed by atoms with Gasteiger partial charge in [0.1, 0.15) is 12.2 Å². The molecule has 0 spiro atoms. The molecule has 1 amide bonds. The number of pyridine rings is 1. The highest BCUT2D eigenvalue weighted by molar-refractivity contribution is 7.12. The number of H-pyrrole nitrogens is 1. The number of nitrogens with one attached hydrogen (secondary N) is 3. The fourth-order valence-corrected chi connectivity index (χ4v) is 3.92. The molecule has 0 fully saturated rings. The van der Waals surface area contributed by atoms with Gasteiger partial charge in [0.15, 0.2) is 0 Å². The summed E-state index contributed by atoms with van der Waals surface area (Å²) in [5.41, 5.74) is 4.62. The number of nitrogens with zero attached hydrogens (tertiary/aromatic N) is 1. The first-order valence-electron chi connectivity index (χ1n) is 8.72. The van der Waals surface area contributed by atoms with Crippen LogP contribution in [0.15, 0.2) is 35.9 Å². The summed E-state index contributed by atoms with van der Waals surface area (Å²) in [5, 5.41) is 7.86. The van der Waals surface area contributed by atoms with E-state index in [9.17, 15) is 18.0 Å². The number of carbonyl (C=O) groups is 1. The van der Waals surface area contributed by atoms with Crippen molar-refractivity contribution in [1.29, 1.82) is 0 Å². The van der Waals surface area contributed by atoms with Crippen molar-refractivity contribution >= 4 is 33.9 Å². The number of hydrogen-bond donors (Lipinski definition) is 3. The number of aromatic nitrogens is 2. The largest absolute Gasteiger partial charge is 0.405 e. The lowest BCUT2D eigenvalue weighted by molar-refractivity contribution is -0.123. The third-order valence-electron chi connectivity index (χ3n) is 4.49. The van der Waals surface area contributed by atoms with Gasteiger partial charge in [-0.3, -0.25) is 4.79 Å². The summed E-state index contributed by atoms with van der Waals surface area (Å²) >= 11 is 1.11. The molecule has 0 unspecified atom stereocenters. The molecule has 0 aliphatic carbocycles. The third kappa shape index (κ3) is 4.10. The van der Waals surface area contributed by atoms with Gasteiger partial charge < -0.3 is 15.6 Å². The SMILES string of the molecule is O=C(NCC(F)(F)F)c1cc(-c2cnc3[nH]c(C4=CCNCC4)cc3c2)cs1. The monoisotopic (exact) mass is 406 g/mol. The molecule has 0 saturated heterocycles. The fourth-order valence-electron chi connectivity index (χ4n) is 3.09. The summed E-state index contributed by atoms with van der Waals surface area (Å²) < 4.78 is 36.8. The van der Waals surface area contributed by atoms with Crippen molar-refractivity contribution in [2.45, 2.75) is 12.6 Å². The molecule has 0 aromatic carbocycles. The summed E-state index contributed by atoms with van der Waals surface area (Å²) in [5.74, 6) is -0.732. The molecule has 1 aliphatic heterocycles. The maximum absolute atomic E-state index is 12.3. The lowest BCUT2D eigenvalue weighted by Gasteiger charge is -2.12. The van der Waals surface area contributed by atoms with Gasteiger partial charge in [-0.15, -0.1) is 11.3 Å². The summed E-state index contributed by atoms with van der Waals surface area (Å²) in [6.07, 6.45) is 0.361. The third-order valence-corrected chi connectivity index (χ3v) is 5.41. The number of amides is 1. The second kappa shape index (κ2) is 7.40. The topological polar surface area (TPSA) is 69.8 Å². The van der Waals surface area contributed by atoms with Crippen LogP contribution >= 0.6 is 11.3 Å². The van der Waals surface area contributed by atoms with Gasteiger partial charge in [0.25, 0.3) is 5.91 Å². The minimum absolute atomic E-state index is 0.231. The first-order chi connectivity index (χ1) is 13.4. The van der Waals surface area contributed by atoms with E-state index < -0.39 is 18.6 Å². The zero-order valence-corrected chi connectivity index (χ0v) is 15.5. The van der Waals surface area contributed by atoms with E-state index in [0.29, 0.717) is 0 Å². The number of thiophene rings is 1. The zero-order valence-electron chi connectivity index (χ0n) is 14.7. The van der Waals surface area contributed by atoms with Crippen LogP contribution in [0.5, 0.6) is 0 Å². The second-order valence-corrected chi connectivity index (χ2v) is 7.44. The van der Waals surface area contributed by atoms with Crippen molar-refractivity contribution in [3.8, 4) is 11.1 Å². The lowest BCUT2D eigenvalue weighted by atomic mass is 10.1. The van der Waals surface area contributed by atoms with Crippen LogP contribution in [-0.4, -0.2) is 41.7 Å². The predicted octanol–water partition coefficient (Wildman–Crippen LogP) is 3.96. The second-order valence-electron chi connectivity index (χ2n) is 6.53. The molecule has 4 rings (SSSR count). The van der Waals surface area contributed by atoms with Crippen LogP contribution in [0.4, 0.5) is 13.2 Å². The quantitative estimate of drug-likeness (QED) is 0.614. The molecule has 1 aliphatic rings. The Kier molecular flexibility index (Phi) is 4.94. The predicted molar refractivity (Wildman–Crippen MR) is 103 cm³/mol. The van der Waals surface area contributed by atoms with Gasteiger partial charge in [-0.1, -0.05) is 6.08 Å². The highest BCUT2D eigenvalue weighted by Gasteiger charge is 2.28. The van der Waals surface area contributed by atoms with Crippen molar-refractivity contribution in [3.63, 3.8) is 0 Å². The molecular formula is C19H17F3N4OS. The van der Waals surface area contributed by atoms with Gasteiger partial charge >= 0.3 is 6.18 Å². The van der Waals surface area contributed by atoms with Gasteiger partial charge in [0, 0.05) is 29.4 Å². The maximum atomic E-state index is 12.3. The molecule has 5 nitrogen and oxygen atoms in total. The van der Waals surface area contributed by atoms with Crippen LogP contribution in [0.3, 0.4) is 0 Å². The molecule has 0 bridgehead atoms. The molecule has 3 aromatic heterocycles. The Labute approximate surface area is 162 Å². The molecule has 0 saturated carbocycles. The Morgan fingerprint density at radius 2 is 2.11 bits per heavy atom. The molecule has 28 heavy (non-hydrogen) atoms. The number of hydrogen-bond acceptors (Lipinski definition) is 4. The molecular weight excluding hydrogens is 389 g/mol. The summed E-state index contributed by atoms with van der Waals surface area (Å²) in [4.78, 5) is 19.9. The van der Waals surface area contributed by atoms with E-state index >= 15 is 0 Å². The highest BCUT2D eigenvalue weighted by atomic mass is 32.1. The molecule has 3 aromatic rings. The molecule has 0 radical (unpaired) electrons. The Hall–Kier alpha value is -2.65. The van der Waals surface area contributed by atoms with Gasteiger partial charge in [0.2, 0.25) is 0 Å². The molecule has 4 heterocycles. The van der Waals surface area contributed by atoms with Crippen molar-refractivity contribution in [1.82, 2.24) is 20.6 Å². The summed E-state index contributed by atoms with van der Waals surface area (Å²) in [6.45, 7) is 0.440. The highest BCUT2D eigenvalue weighted by Crippen LogP contribution is 2.29. The van der Waals surface area contributed by atoms with E-state index in [1.165, 1.54) is 5.57 Å². The van der Waals surface area contributed by atoms with E-state index in [4.69, 9.17) is 0 Å². The van der Waals surface area contributed by atoms with E-state index in [1.54, 1.807) is 17.6 Å². The van der Waals surface area contributed by atoms with Crippen molar-refractivity contribution < 1.29 is 18.0 Å². The van der Waals surface area contributed by atoms with Gasteiger partial charge in [0.05, 0.1) is 4.88 Å². The number of aromatic amines is 1. The maximum Gasteiger partial charge on any atom is 0.405 e. The van der Waals surface area contributed by atoms with Crippen LogP contribution < -0.4 is 10.6 Å². The Morgan fingerprint density at radius 3 is 2.86 bits per heavy atom. The smallest absolute Gasteiger partial charge is 0.342 e. The van der Waals surface area contributed by atoms with Crippen LogP contribution in [-0.2, 0) is 0 Å². The first-order valence-corrected chi connectivity index (χ1v) is 9.60. The standard InChI is InChI=1S/C19H17F3N4OS/c20-19(21,22)10-25-18(27)16-7-14(9-28-16)13-5-12-6-15(26-17(12)24-8-13)11-1-3-23-4-2-11/h1,5-9,23H,2-4,10H2,(H,24,26)(H,25,27). The normalized spacial score (nSPS) is 14.9. The number of alkyl halides is 3. The lowest BCUT2D eigenvalue weighted by Crippen LogP contribution is -2.33. The van der Waals surface area contributed by atoms with E-state index in [1.807, 2.05) is 17.4 Å². The zero-order chi connectivity index (χ0) is 19.7. The minimum atomic E-state index is -4.43. The van der Waals surface area contributed by atoms with Crippen molar-refractivity contribution in [2.24, 2.45) is 0 Å². The molecule has 9 heteroatoms. The Balaban J connectivity index is 1.55. The van der Waals surface area contributed by atoms with Crippen LogP contribution in [0.25, 0.3) is 27.7 Å². The molecule has 3 N–H and O–H groups in total. The average molecular weight is 406 g/mol. The Bertz CT molecular complexity index is 1050.